The van der Waals surface area contributed by atoms with Gasteiger partial charge in [0.25, 0.3) is 11.8 Å². The molecule has 0 radical (unpaired) electrons. The van der Waals surface area contributed by atoms with Gasteiger partial charge in [0.2, 0.25) is 13.1 Å². The van der Waals surface area contributed by atoms with E-state index in [2.05, 4.69) is 55.6 Å². The van der Waals surface area contributed by atoms with Crippen molar-refractivity contribution < 1.29 is 28.2 Å². The van der Waals surface area contributed by atoms with Crippen molar-refractivity contribution in [3.8, 4) is 10.0 Å². The lowest BCUT2D eigenvalue weighted by Crippen LogP contribution is -2.54. The highest BCUT2D eigenvalue weighted by atomic mass is 32.1. The number of unbranched alkanes of at least 4 members (excludes halogenated alkanes) is 34. The molecule has 0 aromatic carbocycles. The average Bonchev–Trinajstić information content (AvgIpc) is 3.95. The van der Waals surface area contributed by atoms with Crippen molar-refractivity contribution in [3.05, 3.63) is 21.1 Å². The van der Waals surface area contributed by atoms with Crippen molar-refractivity contribution in [2.45, 2.75) is 337 Å². The lowest BCUT2D eigenvalue weighted by molar-refractivity contribution is -0.705. The molecule has 0 spiro atoms. The zero-order valence-electron chi connectivity index (χ0n) is 50.7. The summed E-state index contributed by atoms with van der Waals surface area (Å²) in [7, 11) is 0. The molecule has 438 valence electrons. The Bertz CT molecular complexity index is 1760. The minimum atomic E-state index is 0.0260. The molecule has 76 heavy (non-hydrogen) atoms. The third kappa shape index (κ3) is 27.1. The predicted octanol–water partition coefficient (Wildman–Crippen LogP) is 17.6. The van der Waals surface area contributed by atoms with Crippen molar-refractivity contribution in [1.82, 2.24) is 9.80 Å². The van der Waals surface area contributed by atoms with E-state index in [0.717, 1.165) is 38.5 Å². The Kier molecular flexibility index (Phi) is 37.6. The second-order valence-electron chi connectivity index (χ2n) is 23.8. The van der Waals surface area contributed by atoms with Crippen LogP contribution >= 0.6 is 22.7 Å². The highest BCUT2D eigenvalue weighted by Crippen LogP contribution is 2.35. The normalized spacial score (nSPS) is 16.1. The van der Waals surface area contributed by atoms with Gasteiger partial charge < -0.3 is 19.3 Å². The average molecular weight is 1100 g/mol. The summed E-state index contributed by atoms with van der Waals surface area (Å²) in [5, 5.41) is 2.41. The molecule has 0 aliphatic carbocycles. The fraction of sp³-hybridized carbons (Fsp3) is 0.879. The van der Waals surface area contributed by atoms with E-state index in [4.69, 9.17) is 9.47 Å². The zero-order chi connectivity index (χ0) is 54.3. The molecule has 2 aliphatic rings. The monoisotopic (exact) mass is 1100 g/mol. The molecule has 2 aromatic rings. The summed E-state index contributed by atoms with van der Waals surface area (Å²) >= 11 is 3.92. The Morgan fingerprint density at radius 3 is 1.04 bits per heavy atom. The second-order valence-corrected chi connectivity index (χ2v) is 26.0. The highest BCUT2D eigenvalue weighted by molar-refractivity contribution is 7.21. The van der Waals surface area contributed by atoms with Gasteiger partial charge in [0, 0.05) is 39.0 Å². The topological polar surface area (TPSA) is 66.8 Å². The summed E-state index contributed by atoms with van der Waals surface area (Å²) in [5.41, 5.74) is 2.76. The number of rotatable bonds is 47. The van der Waals surface area contributed by atoms with E-state index < -0.39 is 0 Å². The molecule has 2 unspecified atom stereocenters. The Morgan fingerprint density at radius 2 is 0.684 bits per heavy atom. The van der Waals surface area contributed by atoms with Crippen molar-refractivity contribution in [1.29, 1.82) is 0 Å². The summed E-state index contributed by atoms with van der Waals surface area (Å²) in [6, 6.07) is 0. The van der Waals surface area contributed by atoms with Gasteiger partial charge in [0.05, 0.1) is 35.2 Å². The summed E-state index contributed by atoms with van der Waals surface area (Å²) in [5.74, 6) is 0.397. The number of aryl methyl sites for hydroxylation is 2. The molecule has 4 rings (SSSR count). The number of carbonyl (C=O) groups excluding carboxylic acids is 2. The van der Waals surface area contributed by atoms with E-state index in [1.54, 1.807) is 0 Å². The quantitative estimate of drug-likeness (QED) is 0.0489. The maximum absolute atomic E-state index is 14.7. The summed E-state index contributed by atoms with van der Waals surface area (Å²) in [4.78, 5) is 36.3. The molecule has 2 fully saturated rings. The predicted molar refractivity (Wildman–Crippen MR) is 325 cm³/mol. The first-order chi connectivity index (χ1) is 37.3. The molecule has 2 saturated heterocycles. The van der Waals surface area contributed by atoms with Crippen LogP contribution in [0.15, 0.2) is 0 Å². The van der Waals surface area contributed by atoms with Gasteiger partial charge in [0.1, 0.15) is 0 Å². The number of aromatic nitrogens is 2. The van der Waals surface area contributed by atoms with E-state index >= 15 is 0 Å². The minimum absolute atomic E-state index is 0.0260. The van der Waals surface area contributed by atoms with E-state index in [1.807, 2.05) is 27.6 Å². The van der Waals surface area contributed by atoms with Gasteiger partial charge in [-0.15, -0.1) is 0 Å². The van der Waals surface area contributed by atoms with Gasteiger partial charge >= 0.3 is 10.0 Å². The molecule has 0 saturated carbocycles. The van der Waals surface area contributed by atoms with Crippen LogP contribution in [0, 0.1) is 0 Å². The van der Waals surface area contributed by atoms with Gasteiger partial charge in [0.15, 0.2) is 11.4 Å². The van der Waals surface area contributed by atoms with Gasteiger partial charge in [-0.1, -0.05) is 269 Å². The first-order valence-corrected chi connectivity index (χ1v) is 34.8. The van der Waals surface area contributed by atoms with Crippen LogP contribution in [-0.2, 0) is 57.8 Å². The third-order valence-electron chi connectivity index (χ3n) is 16.7. The number of amides is 2. The van der Waals surface area contributed by atoms with Crippen molar-refractivity contribution in [2.24, 2.45) is 0 Å². The fourth-order valence-electron chi connectivity index (χ4n) is 12.0. The zero-order valence-corrected chi connectivity index (χ0v) is 52.4. The highest BCUT2D eigenvalue weighted by Gasteiger charge is 2.41. The number of ether oxygens (including phenoxy) is 2. The van der Waals surface area contributed by atoms with Crippen LogP contribution in [0.1, 0.15) is 307 Å². The fourth-order valence-corrected chi connectivity index (χ4v) is 14.9. The van der Waals surface area contributed by atoms with E-state index in [-0.39, 0.29) is 24.0 Å². The molecule has 4 heterocycles. The number of nitrogens with zero attached hydrogens (tertiary/aromatic N) is 4. The maximum atomic E-state index is 14.7. The van der Waals surface area contributed by atoms with Crippen LogP contribution in [0.4, 0.5) is 0 Å². The summed E-state index contributed by atoms with van der Waals surface area (Å²) in [6.07, 6.45) is 55.1. The Labute approximate surface area is 477 Å². The van der Waals surface area contributed by atoms with Crippen LogP contribution in [0.5, 0.6) is 0 Å². The van der Waals surface area contributed by atoms with Gasteiger partial charge in [-0.25, -0.2) is 0 Å². The molecule has 2 atom stereocenters. The largest absolute Gasteiger partial charge is 0.378 e. The number of hydrogen-bond donors (Lipinski definition) is 0. The molecule has 0 N–H and O–H groups in total. The molecule has 2 aliphatic heterocycles. The molecule has 2 amide bonds. The van der Waals surface area contributed by atoms with E-state index in [1.165, 1.54) is 262 Å². The summed E-state index contributed by atoms with van der Waals surface area (Å²) < 4.78 is 16.8. The Balaban J connectivity index is 1.55. The van der Waals surface area contributed by atoms with Crippen molar-refractivity contribution >= 4 is 34.5 Å². The molecule has 0 bridgehead atoms. The van der Waals surface area contributed by atoms with Crippen LogP contribution < -0.4 is 9.13 Å². The molecule has 2 aromatic heterocycles. The second kappa shape index (κ2) is 42.9. The van der Waals surface area contributed by atoms with Gasteiger partial charge in [-0.05, 0) is 52.4 Å². The number of carbonyl (C=O) groups is 2. The van der Waals surface area contributed by atoms with Crippen LogP contribution in [0.2, 0.25) is 0 Å². The number of hydrogen-bond acceptors (Lipinski definition) is 6. The number of morpholine rings is 2. The summed E-state index contributed by atoms with van der Waals surface area (Å²) in [6.45, 7) is 17.9. The molecule has 8 nitrogen and oxygen atoms in total. The lowest BCUT2D eigenvalue weighted by atomic mass is 10.0. The molecular weight excluding hydrogens is 977 g/mol. The van der Waals surface area contributed by atoms with Crippen LogP contribution in [0.3, 0.4) is 0 Å². The smallest absolute Gasteiger partial charge is 0.346 e. The number of thiazole rings is 2. The molecule has 10 heteroatoms. The SMILES string of the molecule is CCCCCCCCCCCCCCCCCCc1sc(-c2sc(CCCCC)c(CCCCC)[n+]2CC(=O)N2CC(C)OC(C)C2)[n+](CC(=O)N2CCOCC2)c1CCCCCCCCCCCCCCCCCC. The first kappa shape index (κ1) is 66.6. The van der Waals surface area contributed by atoms with Gasteiger partial charge in [-0.3, -0.25) is 9.59 Å². The van der Waals surface area contributed by atoms with E-state index in [9.17, 15) is 9.59 Å². The standard InChI is InChI=1S/C66H120N4O4S2/c1-7-11-15-17-19-21-23-25-27-29-31-33-35-37-39-43-46-60-62(48-44-40-38-36-34-32-30-28-26-24-22-20-18-16-12-8-2)76-65(69(60)55-63(71)67-49-51-73-52-50-67)66-70(56-64(72)68-53-57(5)74-58(6)54-68)59(45-41-13-9-3)61(75-66)47-42-14-10-4/h57-58H,7-56H2,1-6H3/q+2. The third-order valence-corrected chi connectivity index (χ3v) is 19.4. The lowest BCUT2D eigenvalue weighted by Gasteiger charge is -2.34. The van der Waals surface area contributed by atoms with Crippen molar-refractivity contribution in [3.63, 3.8) is 0 Å². The molecular formula is C66H120N4O4S2+2. The van der Waals surface area contributed by atoms with Gasteiger partial charge in [-0.2, -0.15) is 9.13 Å². The maximum Gasteiger partial charge on any atom is 0.346 e. The van der Waals surface area contributed by atoms with Crippen molar-refractivity contribution in [2.75, 3.05) is 39.4 Å². The van der Waals surface area contributed by atoms with Crippen LogP contribution in [0.25, 0.3) is 10.0 Å². The van der Waals surface area contributed by atoms with E-state index in [0.29, 0.717) is 52.5 Å². The Morgan fingerprint density at radius 1 is 0.408 bits per heavy atom. The minimum Gasteiger partial charge on any atom is -0.378 e. The first-order valence-electron chi connectivity index (χ1n) is 33.2. The van der Waals surface area contributed by atoms with Crippen LogP contribution in [-0.4, -0.2) is 73.2 Å². The Hall–Kier alpha value is -1.88.